The molecule has 0 bridgehead atoms. The van der Waals surface area contributed by atoms with Crippen LogP contribution in [0.25, 0.3) is 0 Å². The second-order valence-corrected chi connectivity index (χ2v) is 6.93. The normalized spacial score (nSPS) is 10.4. The lowest BCUT2D eigenvalue weighted by Gasteiger charge is -2.06. The maximum absolute atomic E-state index is 11.8. The van der Waals surface area contributed by atoms with Gasteiger partial charge in [-0.05, 0) is 49.2 Å². The third-order valence-electron chi connectivity index (χ3n) is 3.88. The number of carbonyl (C=O) groups excluding carboxylic acids is 2. The number of hydrogen-bond acceptors (Lipinski definition) is 4. The number of carbonyl (C=O) groups is 2. The molecule has 0 spiro atoms. The molecule has 0 saturated heterocycles. The fourth-order valence-electron chi connectivity index (χ4n) is 2.46. The highest BCUT2D eigenvalue weighted by molar-refractivity contribution is 6.31. The van der Waals surface area contributed by atoms with Gasteiger partial charge in [-0.3, -0.25) is 0 Å². The summed E-state index contributed by atoms with van der Waals surface area (Å²) in [6, 6.07) is 13.4. The second kappa shape index (κ2) is 11.6. The fraction of sp³-hybridized carbons (Fsp3) is 0.333. The van der Waals surface area contributed by atoms with Crippen LogP contribution in [0.15, 0.2) is 48.5 Å². The Hall–Kier alpha value is -2.04. The Morgan fingerprint density at radius 1 is 0.667 bits per heavy atom. The topological polar surface area (TPSA) is 52.6 Å². The van der Waals surface area contributed by atoms with Crippen molar-refractivity contribution >= 4 is 35.1 Å². The summed E-state index contributed by atoms with van der Waals surface area (Å²) >= 11 is 11.7. The maximum Gasteiger partial charge on any atom is 0.338 e. The van der Waals surface area contributed by atoms with Gasteiger partial charge in [-0.25, -0.2) is 9.59 Å². The molecule has 0 aliphatic heterocycles. The van der Waals surface area contributed by atoms with Crippen LogP contribution in [0.2, 0.25) is 10.0 Å². The minimum atomic E-state index is -0.356. The molecule has 0 atom stereocenters. The molecule has 0 aliphatic rings. The van der Waals surface area contributed by atoms with Crippen LogP contribution in [-0.2, 0) is 9.47 Å². The first kappa shape index (κ1) is 21.3. The first-order valence-corrected chi connectivity index (χ1v) is 9.67. The van der Waals surface area contributed by atoms with Crippen LogP contribution in [-0.4, -0.2) is 25.2 Å². The molecule has 144 valence electrons. The van der Waals surface area contributed by atoms with Gasteiger partial charge in [0, 0.05) is 10.0 Å². The molecule has 2 rings (SSSR count). The molecule has 0 saturated carbocycles. The van der Waals surface area contributed by atoms with Crippen molar-refractivity contribution in [2.75, 3.05) is 13.2 Å². The zero-order valence-electron chi connectivity index (χ0n) is 15.0. The number of benzene rings is 2. The minimum absolute atomic E-state index is 0.356. The molecule has 0 aliphatic carbocycles. The number of esters is 2. The highest BCUT2D eigenvalue weighted by Crippen LogP contribution is 2.13. The molecule has 0 radical (unpaired) electrons. The molecule has 0 aromatic heterocycles. The average molecular weight is 409 g/mol. The van der Waals surface area contributed by atoms with Crippen LogP contribution >= 0.6 is 23.2 Å². The SMILES string of the molecule is O=C(OCCCCCCCOC(=O)c1cccc(Cl)c1)c1cccc(Cl)c1. The summed E-state index contributed by atoms with van der Waals surface area (Å²) in [5.41, 5.74) is 0.924. The van der Waals surface area contributed by atoms with Crippen molar-refractivity contribution in [3.05, 3.63) is 69.7 Å². The highest BCUT2D eigenvalue weighted by Gasteiger charge is 2.08. The summed E-state index contributed by atoms with van der Waals surface area (Å²) in [6.07, 6.45) is 4.49. The largest absolute Gasteiger partial charge is 0.462 e. The molecule has 4 nitrogen and oxygen atoms in total. The zero-order valence-corrected chi connectivity index (χ0v) is 16.5. The van der Waals surface area contributed by atoms with Gasteiger partial charge in [0.05, 0.1) is 24.3 Å². The molecule has 0 N–H and O–H groups in total. The molecule has 0 unspecified atom stereocenters. The van der Waals surface area contributed by atoms with Crippen molar-refractivity contribution in [2.45, 2.75) is 32.1 Å². The molecule has 2 aromatic rings. The van der Waals surface area contributed by atoms with Crippen LogP contribution < -0.4 is 0 Å². The van der Waals surface area contributed by atoms with Gasteiger partial charge in [-0.15, -0.1) is 0 Å². The van der Waals surface area contributed by atoms with Crippen LogP contribution in [0.3, 0.4) is 0 Å². The second-order valence-electron chi connectivity index (χ2n) is 6.06. The Balaban J connectivity index is 1.49. The number of ether oxygens (including phenoxy) is 2. The summed E-state index contributed by atoms with van der Waals surface area (Å²) in [5.74, 6) is -0.712. The van der Waals surface area contributed by atoms with Crippen LogP contribution in [0.4, 0.5) is 0 Å². The highest BCUT2D eigenvalue weighted by atomic mass is 35.5. The van der Waals surface area contributed by atoms with Crippen molar-refractivity contribution in [2.24, 2.45) is 0 Å². The predicted octanol–water partition coefficient (Wildman–Crippen LogP) is 5.96. The predicted molar refractivity (Wildman–Crippen MR) is 107 cm³/mol. The molecule has 6 heteroatoms. The van der Waals surface area contributed by atoms with Crippen molar-refractivity contribution in [1.82, 2.24) is 0 Å². The van der Waals surface area contributed by atoms with E-state index < -0.39 is 0 Å². The maximum atomic E-state index is 11.8. The summed E-state index contributed by atoms with van der Waals surface area (Å²) in [4.78, 5) is 23.7. The Kier molecular flexibility index (Phi) is 9.16. The van der Waals surface area contributed by atoms with E-state index >= 15 is 0 Å². The van der Waals surface area contributed by atoms with Gasteiger partial charge in [-0.2, -0.15) is 0 Å². The lowest BCUT2D eigenvalue weighted by molar-refractivity contribution is 0.0496. The van der Waals surface area contributed by atoms with E-state index in [2.05, 4.69) is 0 Å². The van der Waals surface area contributed by atoms with Gasteiger partial charge in [0.2, 0.25) is 0 Å². The van der Waals surface area contributed by atoms with E-state index in [1.54, 1.807) is 48.5 Å². The van der Waals surface area contributed by atoms with Gasteiger partial charge in [0.1, 0.15) is 0 Å². The number of halogens is 2. The molecule has 0 amide bonds. The Bertz CT molecular complexity index is 698. The average Bonchev–Trinajstić information content (AvgIpc) is 2.66. The number of hydrogen-bond donors (Lipinski definition) is 0. The Labute approximate surface area is 169 Å². The Morgan fingerprint density at radius 3 is 1.48 bits per heavy atom. The van der Waals surface area contributed by atoms with E-state index in [0.29, 0.717) is 34.4 Å². The van der Waals surface area contributed by atoms with Gasteiger partial charge in [-0.1, -0.05) is 54.6 Å². The molecule has 0 fully saturated rings. The van der Waals surface area contributed by atoms with Crippen molar-refractivity contribution < 1.29 is 19.1 Å². The van der Waals surface area contributed by atoms with Gasteiger partial charge in [0.15, 0.2) is 0 Å². The van der Waals surface area contributed by atoms with E-state index in [1.807, 2.05) is 0 Å². The van der Waals surface area contributed by atoms with Gasteiger partial charge < -0.3 is 9.47 Å². The first-order chi connectivity index (χ1) is 13.1. The number of rotatable bonds is 10. The quantitative estimate of drug-likeness (QED) is 0.359. The van der Waals surface area contributed by atoms with E-state index in [1.165, 1.54) is 0 Å². The zero-order chi connectivity index (χ0) is 19.5. The fourth-order valence-corrected chi connectivity index (χ4v) is 2.84. The minimum Gasteiger partial charge on any atom is -0.462 e. The van der Waals surface area contributed by atoms with Crippen LogP contribution in [0.5, 0.6) is 0 Å². The third-order valence-corrected chi connectivity index (χ3v) is 4.35. The first-order valence-electron chi connectivity index (χ1n) is 8.91. The molecule has 2 aromatic carbocycles. The van der Waals surface area contributed by atoms with Crippen molar-refractivity contribution in [1.29, 1.82) is 0 Å². The standard InChI is InChI=1S/C21H22Cl2O4/c22-18-10-6-8-16(14-18)20(24)26-12-4-2-1-3-5-13-27-21(25)17-9-7-11-19(23)15-17/h6-11,14-15H,1-5,12-13H2. The van der Waals surface area contributed by atoms with E-state index in [-0.39, 0.29) is 11.9 Å². The Morgan fingerprint density at radius 2 is 1.07 bits per heavy atom. The van der Waals surface area contributed by atoms with Crippen molar-refractivity contribution in [3.8, 4) is 0 Å². The summed E-state index contributed by atoms with van der Waals surface area (Å²) in [7, 11) is 0. The lowest BCUT2D eigenvalue weighted by Crippen LogP contribution is -2.07. The van der Waals surface area contributed by atoms with E-state index in [9.17, 15) is 9.59 Å². The van der Waals surface area contributed by atoms with Crippen LogP contribution in [0.1, 0.15) is 52.8 Å². The molecule has 0 heterocycles. The van der Waals surface area contributed by atoms with E-state index in [0.717, 1.165) is 32.1 Å². The molecular formula is C21H22Cl2O4. The molecule has 27 heavy (non-hydrogen) atoms. The van der Waals surface area contributed by atoms with Gasteiger partial charge >= 0.3 is 11.9 Å². The molecular weight excluding hydrogens is 387 g/mol. The summed E-state index contributed by atoms with van der Waals surface area (Å²) in [6.45, 7) is 0.768. The van der Waals surface area contributed by atoms with Crippen molar-refractivity contribution in [3.63, 3.8) is 0 Å². The van der Waals surface area contributed by atoms with Gasteiger partial charge in [0.25, 0.3) is 0 Å². The smallest absolute Gasteiger partial charge is 0.338 e. The lowest BCUT2D eigenvalue weighted by atomic mass is 10.1. The van der Waals surface area contributed by atoms with Crippen LogP contribution in [0, 0.1) is 0 Å². The summed E-state index contributed by atoms with van der Waals surface area (Å²) < 4.78 is 10.4. The van der Waals surface area contributed by atoms with E-state index in [4.69, 9.17) is 32.7 Å². The monoisotopic (exact) mass is 408 g/mol. The number of unbranched alkanes of at least 4 members (excludes halogenated alkanes) is 4. The summed E-state index contributed by atoms with van der Waals surface area (Å²) in [5, 5.41) is 1.03. The third kappa shape index (κ3) is 8.02.